The number of rotatable bonds is 8. The highest BCUT2D eigenvalue weighted by Crippen LogP contribution is 2.24. The summed E-state index contributed by atoms with van der Waals surface area (Å²) >= 11 is 0. The molecule has 174 valence electrons. The van der Waals surface area contributed by atoms with Crippen LogP contribution in [0.4, 0.5) is 17.3 Å². The minimum atomic E-state index is -0.762. The summed E-state index contributed by atoms with van der Waals surface area (Å²) in [4.78, 5) is 40.3. The van der Waals surface area contributed by atoms with Crippen molar-refractivity contribution in [3.63, 3.8) is 0 Å². The number of carbonyl (C=O) groups is 2. The van der Waals surface area contributed by atoms with E-state index in [2.05, 4.69) is 30.6 Å². The molecule has 0 aliphatic carbocycles. The molecule has 0 spiro atoms. The number of H-pyrrole nitrogens is 1. The number of aromatic amines is 1. The lowest BCUT2D eigenvalue weighted by Crippen LogP contribution is -2.37. The zero-order valence-corrected chi connectivity index (χ0v) is 18.5. The van der Waals surface area contributed by atoms with Crippen molar-refractivity contribution in [2.24, 2.45) is 11.5 Å². The molecule has 0 aliphatic heterocycles. The second-order valence-electron chi connectivity index (χ2n) is 8.02. The normalized spacial score (nSPS) is 11.9. The molecule has 0 bridgehead atoms. The molecule has 0 saturated carbocycles. The smallest absolute Gasteiger partial charge is 0.271 e. The number of para-hydroxylation sites is 1. The van der Waals surface area contributed by atoms with Crippen LogP contribution < -0.4 is 22.1 Å². The maximum absolute atomic E-state index is 12.2. The van der Waals surface area contributed by atoms with Gasteiger partial charge < -0.3 is 27.1 Å². The van der Waals surface area contributed by atoms with Crippen molar-refractivity contribution in [3.8, 4) is 0 Å². The van der Waals surface area contributed by atoms with Crippen LogP contribution in [0.15, 0.2) is 73.2 Å². The van der Waals surface area contributed by atoms with Crippen LogP contribution in [0.1, 0.15) is 16.1 Å². The van der Waals surface area contributed by atoms with Crippen molar-refractivity contribution >= 4 is 50.9 Å². The van der Waals surface area contributed by atoms with E-state index in [1.165, 1.54) is 6.20 Å². The summed E-state index contributed by atoms with van der Waals surface area (Å²) in [6.45, 7) is 0. The quantitative estimate of drug-likeness (QED) is 0.234. The van der Waals surface area contributed by atoms with Crippen molar-refractivity contribution in [1.29, 1.82) is 0 Å². The van der Waals surface area contributed by atoms with Crippen LogP contribution in [-0.2, 0) is 11.2 Å². The second-order valence-corrected chi connectivity index (χ2v) is 8.02. The first-order chi connectivity index (χ1) is 17.0. The van der Waals surface area contributed by atoms with E-state index >= 15 is 0 Å². The van der Waals surface area contributed by atoms with Crippen LogP contribution in [0.2, 0.25) is 0 Å². The van der Waals surface area contributed by atoms with E-state index < -0.39 is 17.9 Å². The Morgan fingerprint density at radius 3 is 2.71 bits per heavy atom. The Balaban J connectivity index is 1.43. The number of hydrogen-bond acceptors (Lipinski definition) is 7. The van der Waals surface area contributed by atoms with Gasteiger partial charge in [0.15, 0.2) is 11.5 Å². The predicted octanol–water partition coefficient (Wildman–Crippen LogP) is 2.86. The molecule has 7 N–H and O–H groups in total. The Morgan fingerprint density at radius 1 is 1.03 bits per heavy atom. The second kappa shape index (κ2) is 9.10. The highest BCUT2D eigenvalue weighted by molar-refractivity contribution is 5.97. The molecule has 2 aromatic carbocycles. The van der Waals surface area contributed by atoms with Crippen LogP contribution >= 0.6 is 0 Å². The number of aromatic nitrogens is 4. The number of nitrogens with one attached hydrogen (secondary N) is 3. The lowest BCUT2D eigenvalue weighted by atomic mass is 10.0. The predicted molar refractivity (Wildman–Crippen MR) is 134 cm³/mol. The molecule has 5 rings (SSSR count). The lowest BCUT2D eigenvalue weighted by molar-refractivity contribution is -0.118. The third-order valence-corrected chi connectivity index (χ3v) is 5.64. The average molecular weight is 467 g/mol. The summed E-state index contributed by atoms with van der Waals surface area (Å²) in [7, 11) is 0. The van der Waals surface area contributed by atoms with Gasteiger partial charge in [-0.3, -0.25) is 14.6 Å². The number of primary amides is 2. The molecule has 0 radical (unpaired) electrons. The fourth-order valence-corrected chi connectivity index (χ4v) is 3.94. The Hall–Kier alpha value is -4.99. The summed E-state index contributed by atoms with van der Waals surface area (Å²) < 4.78 is 0. The molecule has 0 aliphatic rings. The van der Waals surface area contributed by atoms with Gasteiger partial charge in [0.1, 0.15) is 11.9 Å². The Bertz CT molecular complexity index is 1560. The minimum absolute atomic E-state index is 0.0333. The van der Waals surface area contributed by atoms with Gasteiger partial charge >= 0.3 is 0 Å². The molecule has 2 amide bonds. The van der Waals surface area contributed by atoms with E-state index in [1.807, 2.05) is 60.8 Å². The number of fused-ring (bicyclic) bond motifs is 2. The number of anilines is 3. The van der Waals surface area contributed by atoms with Crippen LogP contribution in [0.5, 0.6) is 0 Å². The summed E-state index contributed by atoms with van der Waals surface area (Å²) in [6, 6.07) is 16.3. The highest BCUT2D eigenvalue weighted by atomic mass is 16.1. The largest absolute Gasteiger partial charge is 0.368 e. The third-order valence-electron chi connectivity index (χ3n) is 5.64. The standard InChI is InChI=1S/C25H22N8O2/c26-23(34)20(11-15-12-29-19-6-2-1-5-17(15)19)32-21-13-30-22(24(27)35)25(33-21)31-16-7-8-18-14(10-16)4-3-9-28-18/h1-10,12-13,20,29H,11H2,(H2,26,34)(H2,27,35)(H2,31,32,33). The minimum Gasteiger partial charge on any atom is -0.368 e. The molecular formula is C25H22N8O2. The van der Waals surface area contributed by atoms with E-state index in [-0.39, 0.29) is 17.3 Å². The third kappa shape index (κ3) is 4.58. The number of amides is 2. The Kier molecular flexibility index (Phi) is 5.68. The number of nitrogens with zero attached hydrogens (tertiary/aromatic N) is 3. The monoisotopic (exact) mass is 466 g/mol. The van der Waals surface area contributed by atoms with Crippen molar-refractivity contribution in [3.05, 3.63) is 84.4 Å². The van der Waals surface area contributed by atoms with E-state index in [4.69, 9.17) is 11.5 Å². The Labute approximate surface area is 199 Å². The molecular weight excluding hydrogens is 444 g/mol. The maximum atomic E-state index is 12.2. The maximum Gasteiger partial charge on any atom is 0.271 e. The molecule has 35 heavy (non-hydrogen) atoms. The van der Waals surface area contributed by atoms with Gasteiger partial charge in [0.25, 0.3) is 5.91 Å². The number of pyridine rings is 1. The first-order valence-electron chi connectivity index (χ1n) is 10.9. The van der Waals surface area contributed by atoms with Gasteiger partial charge in [0.05, 0.1) is 11.7 Å². The van der Waals surface area contributed by atoms with Crippen LogP contribution in [0.3, 0.4) is 0 Å². The molecule has 0 saturated heterocycles. The van der Waals surface area contributed by atoms with E-state index in [1.54, 1.807) is 6.20 Å². The number of benzene rings is 2. The van der Waals surface area contributed by atoms with Gasteiger partial charge in [0.2, 0.25) is 5.91 Å². The van der Waals surface area contributed by atoms with Crippen LogP contribution in [0, 0.1) is 0 Å². The fourth-order valence-electron chi connectivity index (χ4n) is 3.94. The molecule has 3 heterocycles. The zero-order chi connectivity index (χ0) is 24.4. The van der Waals surface area contributed by atoms with Gasteiger partial charge in [-0.05, 0) is 35.9 Å². The summed E-state index contributed by atoms with van der Waals surface area (Å²) in [5.41, 5.74) is 14.6. The molecule has 10 heteroatoms. The molecule has 10 nitrogen and oxygen atoms in total. The van der Waals surface area contributed by atoms with Gasteiger partial charge in [-0.15, -0.1) is 0 Å². The number of carbonyl (C=O) groups excluding carboxylic acids is 2. The van der Waals surface area contributed by atoms with E-state index in [9.17, 15) is 9.59 Å². The van der Waals surface area contributed by atoms with Crippen molar-refractivity contribution in [1.82, 2.24) is 19.9 Å². The van der Waals surface area contributed by atoms with E-state index in [0.29, 0.717) is 12.1 Å². The molecule has 3 aromatic heterocycles. The van der Waals surface area contributed by atoms with Gasteiger partial charge in [0, 0.05) is 40.8 Å². The number of nitrogens with two attached hydrogens (primary N) is 2. The molecule has 5 aromatic rings. The van der Waals surface area contributed by atoms with Gasteiger partial charge in [-0.2, -0.15) is 0 Å². The van der Waals surface area contributed by atoms with Crippen molar-refractivity contribution in [2.45, 2.75) is 12.5 Å². The molecule has 1 atom stereocenters. The SMILES string of the molecule is NC(=O)c1ncc(NC(Cc2c[nH]c3ccccc23)C(N)=O)nc1Nc1ccc2ncccc2c1. The van der Waals surface area contributed by atoms with E-state index in [0.717, 1.165) is 27.4 Å². The lowest BCUT2D eigenvalue weighted by Gasteiger charge is -2.17. The zero-order valence-electron chi connectivity index (χ0n) is 18.5. The summed E-state index contributed by atoms with van der Waals surface area (Å²) in [5.74, 6) is -0.864. The van der Waals surface area contributed by atoms with Gasteiger partial charge in [-0.25, -0.2) is 9.97 Å². The van der Waals surface area contributed by atoms with Crippen molar-refractivity contribution < 1.29 is 9.59 Å². The first-order valence-corrected chi connectivity index (χ1v) is 10.9. The van der Waals surface area contributed by atoms with Gasteiger partial charge in [-0.1, -0.05) is 24.3 Å². The summed E-state index contributed by atoms with van der Waals surface area (Å²) in [5, 5.41) is 8.05. The Morgan fingerprint density at radius 2 is 1.89 bits per heavy atom. The average Bonchev–Trinajstić information content (AvgIpc) is 3.26. The summed E-state index contributed by atoms with van der Waals surface area (Å²) in [6.07, 6.45) is 5.25. The topological polar surface area (TPSA) is 165 Å². The highest BCUT2D eigenvalue weighted by Gasteiger charge is 2.20. The fraction of sp³-hybridized carbons (Fsp3) is 0.0800. The number of hydrogen-bond donors (Lipinski definition) is 5. The van der Waals surface area contributed by atoms with Crippen molar-refractivity contribution in [2.75, 3.05) is 10.6 Å². The van der Waals surface area contributed by atoms with Crippen LogP contribution in [-0.4, -0.2) is 37.8 Å². The van der Waals surface area contributed by atoms with Crippen LogP contribution in [0.25, 0.3) is 21.8 Å². The molecule has 1 unspecified atom stereocenters. The molecule has 0 fully saturated rings. The first kappa shape index (κ1) is 21.8.